The van der Waals surface area contributed by atoms with E-state index in [-0.39, 0.29) is 5.69 Å². The van der Waals surface area contributed by atoms with Gasteiger partial charge in [-0.3, -0.25) is 14.8 Å². The summed E-state index contributed by atoms with van der Waals surface area (Å²) in [5.74, 6) is 0.293. The normalized spacial score (nSPS) is 20.0. The molecule has 1 aliphatic rings. The highest BCUT2D eigenvalue weighted by atomic mass is 16.6. The molecule has 0 amide bonds. The molecule has 0 spiro atoms. The second-order valence-corrected chi connectivity index (χ2v) is 3.70. The third kappa shape index (κ3) is 2.19. The topological polar surface area (TPSA) is 97.2 Å². The zero-order valence-electron chi connectivity index (χ0n) is 9.24. The van der Waals surface area contributed by atoms with Gasteiger partial charge in [-0.15, -0.1) is 5.10 Å². The van der Waals surface area contributed by atoms with Crippen molar-refractivity contribution in [1.82, 2.24) is 9.78 Å². The molecule has 1 unspecified atom stereocenters. The van der Waals surface area contributed by atoms with Crippen LogP contribution in [0.4, 0.5) is 11.5 Å². The van der Waals surface area contributed by atoms with Crippen LogP contribution in [0.2, 0.25) is 0 Å². The van der Waals surface area contributed by atoms with E-state index in [4.69, 9.17) is 10.00 Å². The third-order valence-corrected chi connectivity index (χ3v) is 2.50. The Bertz CT molecular complexity index is 477. The van der Waals surface area contributed by atoms with E-state index in [1.807, 2.05) is 6.07 Å². The van der Waals surface area contributed by atoms with E-state index in [2.05, 4.69) is 5.10 Å². The Balaban J connectivity index is 2.27. The van der Waals surface area contributed by atoms with Crippen molar-refractivity contribution >= 4 is 11.5 Å². The quantitative estimate of drug-likeness (QED) is 0.532. The van der Waals surface area contributed by atoms with Gasteiger partial charge < -0.3 is 9.64 Å². The van der Waals surface area contributed by atoms with Gasteiger partial charge in [-0.1, -0.05) is 0 Å². The molecule has 0 bridgehead atoms. The van der Waals surface area contributed by atoms with Gasteiger partial charge in [0, 0.05) is 13.6 Å². The monoisotopic (exact) mass is 237 g/mol. The lowest BCUT2D eigenvalue weighted by Crippen LogP contribution is -2.42. The number of hydrogen-bond donors (Lipinski definition) is 0. The van der Waals surface area contributed by atoms with Gasteiger partial charge in [0.25, 0.3) is 0 Å². The lowest BCUT2D eigenvalue weighted by Gasteiger charge is -2.29. The highest BCUT2D eigenvalue weighted by Crippen LogP contribution is 2.27. The number of nitriles is 1. The lowest BCUT2D eigenvalue weighted by molar-refractivity contribution is -0.384. The molecule has 8 heteroatoms. The molecule has 1 atom stereocenters. The third-order valence-electron chi connectivity index (χ3n) is 2.50. The molecule has 1 fully saturated rings. The van der Waals surface area contributed by atoms with Gasteiger partial charge in [0.2, 0.25) is 5.82 Å². The molecule has 17 heavy (non-hydrogen) atoms. The molecule has 1 aromatic heterocycles. The number of nitro groups is 1. The summed E-state index contributed by atoms with van der Waals surface area (Å²) in [6.45, 7) is 1.16. The fraction of sp³-hybridized carbons (Fsp3) is 0.556. The van der Waals surface area contributed by atoms with Gasteiger partial charge in [-0.05, 0) is 0 Å². The number of aryl methyl sites for hydroxylation is 1. The first-order chi connectivity index (χ1) is 8.11. The van der Waals surface area contributed by atoms with Gasteiger partial charge in [-0.25, -0.2) is 0 Å². The van der Waals surface area contributed by atoms with Crippen LogP contribution < -0.4 is 4.90 Å². The fourth-order valence-corrected chi connectivity index (χ4v) is 1.74. The first-order valence-electron chi connectivity index (χ1n) is 5.06. The van der Waals surface area contributed by atoms with E-state index in [9.17, 15) is 10.1 Å². The smallest absolute Gasteiger partial charge is 0.330 e. The van der Waals surface area contributed by atoms with Crippen LogP contribution in [0, 0.1) is 21.4 Å². The number of morpholine rings is 1. The fourth-order valence-electron chi connectivity index (χ4n) is 1.74. The minimum absolute atomic E-state index is 0.0499. The van der Waals surface area contributed by atoms with E-state index < -0.39 is 11.0 Å². The van der Waals surface area contributed by atoms with Crippen molar-refractivity contribution < 1.29 is 9.66 Å². The van der Waals surface area contributed by atoms with E-state index in [1.54, 1.807) is 11.9 Å². The van der Waals surface area contributed by atoms with Gasteiger partial charge in [-0.2, -0.15) is 5.26 Å². The molecule has 0 N–H and O–H groups in total. The summed E-state index contributed by atoms with van der Waals surface area (Å²) < 4.78 is 6.57. The summed E-state index contributed by atoms with van der Waals surface area (Å²) in [5, 5.41) is 23.7. The van der Waals surface area contributed by atoms with E-state index in [0.717, 1.165) is 0 Å². The summed E-state index contributed by atoms with van der Waals surface area (Å²) in [6.07, 6.45) is 0.789. The minimum Gasteiger partial charge on any atom is -0.360 e. The Labute approximate surface area is 97.1 Å². The van der Waals surface area contributed by atoms with Crippen molar-refractivity contribution in [2.24, 2.45) is 7.05 Å². The minimum atomic E-state index is -0.564. The van der Waals surface area contributed by atoms with Crippen LogP contribution >= 0.6 is 0 Å². The van der Waals surface area contributed by atoms with Crippen molar-refractivity contribution in [3.8, 4) is 6.07 Å². The molecular formula is C9H11N5O3. The summed E-state index contributed by atoms with van der Waals surface area (Å²) in [6, 6.07) is 1.99. The second-order valence-electron chi connectivity index (χ2n) is 3.70. The molecule has 8 nitrogen and oxygen atoms in total. The maximum atomic E-state index is 10.9. The predicted octanol–water partition coefficient (Wildman–Crippen LogP) is 0.0571. The van der Waals surface area contributed by atoms with E-state index in [0.29, 0.717) is 25.5 Å². The first-order valence-corrected chi connectivity index (χ1v) is 5.06. The molecule has 1 aliphatic heterocycles. The summed E-state index contributed by atoms with van der Waals surface area (Å²) >= 11 is 0. The van der Waals surface area contributed by atoms with Crippen molar-refractivity contribution in [3.05, 3.63) is 16.3 Å². The molecule has 2 rings (SSSR count). The summed E-state index contributed by atoms with van der Waals surface area (Å²) in [7, 11) is 1.62. The van der Waals surface area contributed by atoms with Crippen molar-refractivity contribution in [2.45, 2.75) is 6.10 Å². The highest BCUT2D eigenvalue weighted by Gasteiger charge is 2.28. The van der Waals surface area contributed by atoms with Crippen LogP contribution in [0.3, 0.4) is 0 Å². The molecule has 0 aromatic carbocycles. The predicted molar refractivity (Wildman–Crippen MR) is 57.4 cm³/mol. The largest absolute Gasteiger partial charge is 0.360 e. The zero-order valence-corrected chi connectivity index (χ0v) is 9.24. The number of hydrogen-bond acceptors (Lipinski definition) is 6. The van der Waals surface area contributed by atoms with Crippen LogP contribution in [-0.4, -0.2) is 40.5 Å². The van der Waals surface area contributed by atoms with Crippen molar-refractivity contribution in [3.63, 3.8) is 0 Å². The van der Waals surface area contributed by atoms with Gasteiger partial charge in [0.05, 0.1) is 24.1 Å². The number of anilines is 1. The number of nitrogens with zero attached hydrogens (tertiary/aromatic N) is 5. The van der Waals surface area contributed by atoms with E-state index >= 15 is 0 Å². The Hall–Kier alpha value is -2.14. The van der Waals surface area contributed by atoms with Gasteiger partial charge in [0.1, 0.15) is 6.20 Å². The molecule has 1 saturated heterocycles. The number of aromatic nitrogens is 2. The van der Waals surface area contributed by atoms with Crippen LogP contribution in [0.15, 0.2) is 6.20 Å². The van der Waals surface area contributed by atoms with Gasteiger partial charge >= 0.3 is 5.69 Å². The SMILES string of the molecule is Cn1cc([N+](=O)[O-])c(N2CCOC(C#N)C2)n1. The Morgan fingerprint density at radius 2 is 2.53 bits per heavy atom. The number of ether oxygens (including phenoxy) is 1. The van der Waals surface area contributed by atoms with Crippen LogP contribution in [0.25, 0.3) is 0 Å². The standard InChI is InChI=1S/C9H11N5O3/c1-12-6-8(14(15)16)9(11-12)13-2-3-17-7(4-10)5-13/h6-7H,2-3,5H2,1H3. The maximum absolute atomic E-state index is 10.9. The average molecular weight is 237 g/mol. The molecule has 1 aromatic rings. The van der Waals surface area contributed by atoms with E-state index in [1.165, 1.54) is 10.9 Å². The zero-order chi connectivity index (χ0) is 12.4. The first kappa shape index (κ1) is 11.3. The van der Waals surface area contributed by atoms with Crippen molar-refractivity contribution in [1.29, 1.82) is 5.26 Å². The van der Waals surface area contributed by atoms with Crippen LogP contribution in [0.5, 0.6) is 0 Å². The molecule has 0 saturated carbocycles. The average Bonchev–Trinajstić information content (AvgIpc) is 2.72. The molecule has 2 heterocycles. The lowest BCUT2D eigenvalue weighted by atomic mass is 10.3. The van der Waals surface area contributed by atoms with Gasteiger partial charge in [0.15, 0.2) is 6.10 Å². The molecular weight excluding hydrogens is 226 g/mol. The highest BCUT2D eigenvalue weighted by molar-refractivity contribution is 5.57. The Morgan fingerprint density at radius 3 is 3.18 bits per heavy atom. The van der Waals surface area contributed by atoms with Crippen molar-refractivity contribution in [2.75, 3.05) is 24.6 Å². The summed E-state index contributed by atoms with van der Waals surface area (Å²) in [5.41, 5.74) is -0.0499. The second kappa shape index (κ2) is 4.39. The maximum Gasteiger partial charge on any atom is 0.330 e. The Kier molecular flexibility index (Phi) is 2.93. The molecule has 0 aliphatic carbocycles. The summed E-state index contributed by atoms with van der Waals surface area (Å²) in [4.78, 5) is 12.1. The number of rotatable bonds is 2. The molecule has 0 radical (unpaired) electrons. The van der Waals surface area contributed by atoms with Crippen LogP contribution in [-0.2, 0) is 11.8 Å². The van der Waals surface area contributed by atoms with Crippen LogP contribution in [0.1, 0.15) is 0 Å². The molecule has 90 valence electrons. The Morgan fingerprint density at radius 1 is 1.76 bits per heavy atom.